The van der Waals surface area contributed by atoms with Gasteiger partial charge in [0.25, 0.3) is 0 Å². The van der Waals surface area contributed by atoms with Crippen LogP contribution in [0.25, 0.3) is 5.16 Å². The van der Waals surface area contributed by atoms with E-state index >= 15 is 0 Å². The van der Waals surface area contributed by atoms with Crippen molar-refractivity contribution in [1.82, 2.24) is 9.55 Å². The lowest BCUT2D eigenvalue weighted by atomic mass is 10.8. The molecule has 0 radical (unpaired) electrons. The van der Waals surface area contributed by atoms with E-state index in [1.165, 1.54) is 5.54 Å². The Morgan fingerprint density at radius 1 is 1.67 bits per heavy atom. The molecule has 0 atom stereocenters. The fourth-order valence-electron chi connectivity index (χ4n) is 0.442. The SMILES string of the molecule is Cl/C=C(/Cl)n1ccnc1. The van der Waals surface area contributed by atoms with E-state index < -0.39 is 0 Å². The van der Waals surface area contributed by atoms with Crippen LogP contribution >= 0.6 is 23.2 Å². The van der Waals surface area contributed by atoms with Crippen LogP contribution < -0.4 is 0 Å². The zero-order valence-corrected chi connectivity index (χ0v) is 5.97. The van der Waals surface area contributed by atoms with Crippen molar-refractivity contribution in [3.05, 3.63) is 24.3 Å². The van der Waals surface area contributed by atoms with Crippen LogP contribution in [-0.2, 0) is 0 Å². The lowest BCUT2D eigenvalue weighted by Gasteiger charge is -1.92. The van der Waals surface area contributed by atoms with Crippen molar-refractivity contribution < 1.29 is 0 Å². The quantitative estimate of drug-likeness (QED) is 0.619. The molecule has 0 aliphatic heterocycles. The van der Waals surface area contributed by atoms with Crippen LogP contribution in [-0.4, -0.2) is 9.55 Å². The summed E-state index contributed by atoms with van der Waals surface area (Å²) in [6, 6.07) is 0. The van der Waals surface area contributed by atoms with Gasteiger partial charge in [0.1, 0.15) is 5.16 Å². The van der Waals surface area contributed by atoms with Gasteiger partial charge in [0.05, 0.1) is 6.33 Å². The van der Waals surface area contributed by atoms with Gasteiger partial charge in [-0.1, -0.05) is 23.2 Å². The van der Waals surface area contributed by atoms with Crippen molar-refractivity contribution in [3.8, 4) is 0 Å². The van der Waals surface area contributed by atoms with Crippen molar-refractivity contribution in [2.24, 2.45) is 0 Å². The monoisotopic (exact) mass is 162 g/mol. The number of nitrogens with zero attached hydrogens (tertiary/aromatic N) is 2. The summed E-state index contributed by atoms with van der Waals surface area (Å²) in [6.07, 6.45) is 4.91. The van der Waals surface area contributed by atoms with Gasteiger partial charge in [0.2, 0.25) is 0 Å². The summed E-state index contributed by atoms with van der Waals surface area (Å²) in [7, 11) is 0. The first kappa shape index (κ1) is 6.65. The number of rotatable bonds is 1. The van der Waals surface area contributed by atoms with E-state index in [0.29, 0.717) is 5.16 Å². The molecule has 0 fully saturated rings. The summed E-state index contributed by atoms with van der Waals surface area (Å²) in [4.78, 5) is 3.77. The fraction of sp³-hybridized carbons (Fsp3) is 0. The van der Waals surface area contributed by atoms with Crippen LogP contribution in [0.1, 0.15) is 0 Å². The molecule has 0 unspecified atom stereocenters. The highest BCUT2D eigenvalue weighted by molar-refractivity contribution is 6.49. The van der Waals surface area contributed by atoms with E-state index in [0.717, 1.165) is 0 Å². The molecule has 9 heavy (non-hydrogen) atoms. The number of aromatic nitrogens is 2. The molecule has 0 bridgehead atoms. The van der Waals surface area contributed by atoms with E-state index in [9.17, 15) is 0 Å². The molecule has 0 saturated carbocycles. The second kappa shape index (κ2) is 2.90. The van der Waals surface area contributed by atoms with E-state index in [2.05, 4.69) is 4.98 Å². The van der Waals surface area contributed by atoms with Gasteiger partial charge in [0, 0.05) is 17.9 Å². The standard InChI is InChI=1S/C5H4Cl2N2/c6-3-5(7)9-2-1-8-4-9/h1-4H/b5-3-. The summed E-state index contributed by atoms with van der Waals surface area (Å²) in [6.45, 7) is 0. The number of halogens is 2. The molecule has 1 aromatic rings. The molecular weight excluding hydrogens is 159 g/mol. The molecule has 1 heterocycles. The van der Waals surface area contributed by atoms with E-state index in [4.69, 9.17) is 23.2 Å². The number of hydrogen-bond donors (Lipinski definition) is 0. The van der Waals surface area contributed by atoms with Gasteiger partial charge in [-0.25, -0.2) is 4.98 Å². The fourth-order valence-corrected chi connectivity index (χ4v) is 0.654. The second-order valence-electron chi connectivity index (χ2n) is 1.40. The zero-order chi connectivity index (χ0) is 6.69. The molecule has 4 heteroatoms. The third-order valence-electron chi connectivity index (χ3n) is 0.841. The van der Waals surface area contributed by atoms with Crippen LogP contribution in [0, 0.1) is 0 Å². The summed E-state index contributed by atoms with van der Waals surface area (Å²) < 4.78 is 1.61. The summed E-state index contributed by atoms with van der Waals surface area (Å²) in [5.74, 6) is 0. The van der Waals surface area contributed by atoms with Crippen molar-refractivity contribution in [2.75, 3.05) is 0 Å². The first-order chi connectivity index (χ1) is 4.34. The third-order valence-corrected chi connectivity index (χ3v) is 1.46. The highest BCUT2D eigenvalue weighted by Gasteiger charge is 1.90. The van der Waals surface area contributed by atoms with Crippen LogP contribution in [0.2, 0.25) is 0 Å². The Balaban J connectivity index is 2.90. The molecule has 0 N–H and O–H groups in total. The predicted molar refractivity (Wildman–Crippen MR) is 38.2 cm³/mol. The Hall–Kier alpha value is -0.470. The van der Waals surface area contributed by atoms with E-state index in [-0.39, 0.29) is 0 Å². The minimum atomic E-state index is 0.439. The van der Waals surface area contributed by atoms with Gasteiger partial charge in [-0.15, -0.1) is 0 Å². The third kappa shape index (κ3) is 1.47. The van der Waals surface area contributed by atoms with Crippen molar-refractivity contribution in [3.63, 3.8) is 0 Å². The Bertz CT molecular complexity index is 203. The molecule has 0 aliphatic rings. The maximum Gasteiger partial charge on any atom is 0.125 e. The largest absolute Gasteiger partial charge is 0.296 e. The lowest BCUT2D eigenvalue weighted by molar-refractivity contribution is 1.12. The Morgan fingerprint density at radius 2 is 2.44 bits per heavy atom. The van der Waals surface area contributed by atoms with Crippen LogP contribution in [0.5, 0.6) is 0 Å². The number of hydrogen-bond acceptors (Lipinski definition) is 1. The lowest BCUT2D eigenvalue weighted by Crippen LogP contribution is -1.83. The minimum absolute atomic E-state index is 0.439. The van der Waals surface area contributed by atoms with E-state index in [1.54, 1.807) is 23.3 Å². The molecule has 0 spiro atoms. The molecule has 0 saturated heterocycles. The molecule has 1 rings (SSSR count). The van der Waals surface area contributed by atoms with Crippen LogP contribution in [0.3, 0.4) is 0 Å². The predicted octanol–water partition coefficient (Wildman–Crippen LogP) is 2.12. The summed E-state index contributed by atoms with van der Waals surface area (Å²) in [5.41, 5.74) is 1.28. The zero-order valence-electron chi connectivity index (χ0n) is 4.46. The van der Waals surface area contributed by atoms with Gasteiger partial charge in [-0.05, 0) is 0 Å². The topological polar surface area (TPSA) is 17.8 Å². The average molecular weight is 163 g/mol. The van der Waals surface area contributed by atoms with Gasteiger partial charge in [-0.2, -0.15) is 0 Å². The molecule has 48 valence electrons. The Morgan fingerprint density at radius 3 is 2.89 bits per heavy atom. The summed E-state index contributed by atoms with van der Waals surface area (Å²) in [5, 5.41) is 0.439. The molecule has 2 nitrogen and oxygen atoms in total. The maximum absolute atomic E-state index is 5.58. The maximum atomic E-state index is 5.58. The highest BCUT2D eigenvalue weighted by atomic mass is 35.5. The van der Waals surface area contributed by atoms with Crippen LogP contribution in [0.15, 0.2) is 24.3 Å². The Kier molecular flexibility index (Phi) is 2.14. The van der Waals surface area contributed by atoms with Crippen LogP contribution in [0.4, 0.5) is 0 Å². The smallest absolute Gasteiger partial charge is 0.125 e. The van der Waals surface area contributed by atoms with Gasteiger partial charge in [-0.3, -0.25) is 4.57 Å². The van der Waals surface area contributed by atoms with Gasteiger partial charge >= 0.3 is 0 Å². The Labute approximate surface area is 62.7 Å². The molecular formula is C5H4Cl2N2. The highest BCUT2D eigenvalue weighted by Crippen LogP contribution is 2.08. The first-order valence-corrected chi connectivity index (χ1v) is 3.10. The normalized spacial score (nSPS) is 12.0. The minimum Gasteiger partial charge on any atom is -0.296 e. The summed E-state index contributed by atoms with van der Waals surface area (Å²) >= 11 is 10.9. The molecule has 1 aromatic heterocycles. The average Bonchev–Trinajstić information content (AvgIpc) is 2.37. The first-order valence-electron chi connectivity index (χ1n) is 2.29. The van der Waals surface area contributed by atoms with Crippen molar-refractivity contribution >= 4 is 28.4 Å². The molecule has 0 aliphatic carbocycles. The second-order valence-corrected chi connectivity index (χ2v) is 2.01. The van der Waals surface area contributed by atoms with Gasteiger partial charge in [0.15, 0.2) is 0 Å². The molecule has 0 aromatic carbocycles. The van der Waals surface area contributed by atoms with E-state index in [1.807, 2.05) is 0 Å². The van der Waals surface area contributed by atoms with Crippen molar-refractivity contribution in [1.29, 1.82) is 0 Å². The molecule has 0 amide bonds. The van der Waals surface area contributed by atoms with Gasteiger partial charge < -0.3 is 0 Å². The number of imidazole rings is 1. The van der Waals surface area contributed by atoms with Crippen molar-refractivity contribution in [2.45, 2.75) is 0 Å².